The largest absolute Gasteiger partial charge is 0.308 e. The number of nitrogens with zero attached hydrogens (tertiary/aromatic N) is 2. The van der Waals surface area contributed by atoms with E-state index in [2.05, 4.69) is 64.9 Å². The second-order valence-corrected chi connectivity index (χ2v) is 7.48. The van der Waals surface area contributed by atoms with Crippen LogP contribution in [0.2, 0.25) is 0 Å². The van der Waals surface area contributed by atoms with Gasteiger partial charge in [-0.05, 0) is 53.7 Å². The minimum absolute atomic E-state index is 0.216. The summed E-state index contributed by atoms with van der Waals surface area (Å²) in [5.74, 6) is 0. The lowest BCUT2D eigenvalue weighted by atomic mass is 9.82. The maximum absolute atomic E-state index is 4.32. The third-order valence-corrected chi connectivity index (χ3v) is 5.72. The molecule has 0 radical (unpaired) electrons. The van der Waals surface area contributed by atoms with Crippen LogP contribution in [-0.2, 0) is 6.54 Å². The normalized spacial score (nSPS) is 26.0. The summed E-state index contributed by atoms with van der Waals surface area (Å²) in [5, 5.41) is 3.80. The molecule has 1 atom stereocenters. The molecule has 2 heterocycles. The van der Waals surface area contributed by atoms with Crippen LogP contribution < -0.4 is 5.32 Å². The van der Waals surface area contributed by atoms with Crippen LogP contribution in [0.5, 0.6) is 0 Å². The van der Waals surface area contributed by atoms with Crippen molar-refractivity contribution >= 4 is 15.9 Å². The number of rotatable bonds is 5. The first-order chi connectivity index (χ1) is 9.97. The summed E-state index contributed by atoms with van der Waals surface area (Å²) < 4.78 is 1.06. The molecule has 1 aromatic heterocycles. The molecule has 0 aromatic carbocycles. The lowest BCUT2D eigenvalue weighted by molar-refractivity contribution is -0.00415. The number of piperazine rings is 1. The zero-order valence-corrected chi connectivity index (χ0v) is 15.3. The second kappa shape index (κ2) is 6.76. The Kier molecular flexibility index (Phi) is 5.44. The Morgan fingerprint density at radius 3 is 2.52 bits per heavy atom. The maximum Gasteiger partial charge on any atom is 0.0410 e. The Balaban J connectivity index is 2.25. The third kappa shape index (κ3) is 3.66. The van der Waals surface area contributed by atoms with Crippen LogP contribution >= 0.6 is 15.9 Å². The van der Waals surface area contributed by atoms with Crippen molar-refractivity contribution < 1.29 is 0 Å². The molecular weight excluding hydrogens is 326 g/mol. The number of hydrogen-bond acceptors (Lipinski definition) is 3. The quantitative estimate of drug-likeness (QED) is 0.867. The second-order valence-electron chi connectivity index (χ2n) is 6.57. The highest BCUT2D eigenvalue weighted by Gasteiger charge is 2.42. The molecule has 1 fully saturated rings. The average molecular weight is 354 g/mol. The molecule has 1 N–H and O–H groups in total. The summed E-state index contributed by atoms with van der Waals surface area (Å²) >= 11 is 3.53. The lowest BCUT2D eigenvalue weighted by Crippen LogP contribution is -2.68. The van der Waals surface area contributed by atoms with E-state index >= 15 is 0 Å². The van der Waals surface area contributed by atoms with Crippen LogP contribution in [0.25, 0.3) is 0 Å². The molecule has 0 saturated carbocycles. The van der Waals surface area contributed by atoms with Crippen LogP contribution in [0, 0.1) is 0 Å². The topological polar surface area (TPSA) is 28.2 Å². The number of aromatic nitrogens is 1. The summed E-state index contributed by atoms with van der Waals surface area (Å²) in [6, 6.07) is 2.19. The highest BCUT2D eigenvalue weighted by molar-refractivity contribution is 9.10. The first-order valence-corrected chi connectivity index (χ1v) is 8.86. The number of halogens is 1. The van der Waals surface area contributed by atoms with Gasteiger partial charge in [0.2, 0.25) is 0 Å². The first kappa shape index (κ1) is 16.9. The summed E-state index contributed by atoms with van der Waals surface area (Å²) in [7, 11) is 0. The minimum Gasteiger partial charge on any atom is -0.308 e. The minimum atomic E-state index is 0.216. The Morgan fingerprint density at radius 1 is 1.24 bits per heavy atom. The van der Waals surface area contributed by atoms with Crippen molar-refractivity contribution in [2.45, 2.75) is 64.6 Å². The van der Waals surface area contributed by atoms with Crippen molar-refractivity contribution in [3.8, 4) is 0 Å². The molecule has 4 heteroatoms. The SMILES string of the molecule is CCC1(C)CN(Cc2cncc(Br)c2)C(CC)(CC)CN1. The number of hydrogen-bond donors (Lipinski definition) is 1. The molecule has 1 aromatic rings. The van der Waals surface area contributed by atoms with Gasteiger partial charge in [0.15, 0.2) is 0 Å². The predicted molar refractivity (Wildman–Crippen MR) is 92.4 cm³/mol. The monoisotopic (exact) mass is 353 g/mol. The smallest absolute Gasteiger partial charge is 0.0410 e. The van der Waals surface area contributed by atoms with E-state index in [4.69, 9.17) is 0 Å². The molecule has 1 aliphatic heterocycles. The zero-order chi connectivity index (χ0) is 15.5. The van der Waals surface area contributed by atoms with Crippen molar-refractivity contribution in [2.75, 3.05) is 13.1 Å². The van der Waals surface area contributed by atoms with Gasteiger partial charge < -0.3 is 5.32 Å². The molecule has 1 unspecified atom stereocenters. The Morgan fingerprint density at radius 2 is 1.95 bits per heavy atom. The van der Waals surface area contributed by atoms with E-state index in [1.165, 1.54) is 18.4 Å². The third-order valence-electron chi connectivity index (χ3n) is 5.29. The van der Waals surface area contributed by atoms with Crippen molar-refractivity contribution in [3.63, 3.8) is 0 Å². The number of pyridine rings is 1. The molecule has 0 bridgehead atoms. The van der Waals surface area contributed by atoms with Gasteiger partial charge in [-0.25, -0.2) is 0 Å². The molecular formula is C17H28BrN3. The van der Waals surface area contributed by atoms with Crippen molar-refractivity contribution in [3.05, 3.63) is 28.5 Å². The van der Waals surface area contributed by atoms with Crippen molar-refractivity contribution in [2.24, 2.45) is 0 Å². The molecule has 21 heavy (non-hydrogen) atoms. The molecule has 118 valence electrons. The first-order valence-electron chi connectivity index (χ1n) is 8.06. The van der Waals surface area contributed by atoms with E-state index in [-0.39, 0.29) is 11.1 Å². The van der Waals surface area contributed by atoms with Gasteiger partial charge in [0.25, 0.3) is 0 Å². The van der Waals surface area contributed by atoms with E-state index in [0.717, 1.165) is 30.5 Å². The van der Waals surface area contributed by atoms with Crippen LogP contribution in [0.4, 0.5) is 0 Å². The Labute approximate surface area is 137 Å². The number of nitrogens with one attached hydrogen (secondary N) is 1. The standard InChI is InChI=1S/C17H28BrN3/c1-5-16(4)13-21(17(6-2,7-3)12-20-16)11-14-8-15(18)10-19-9-14/h8-10,20H,5-7,11-13H2,1-4H3. The van der Waals surface area contributed by atoms with Crippen molar-refractivity contribution in [1.29, 1.82) is 0 Å². The van der Waals surface area contributed by atoms with Crippen LogP contribution in [0.3, 0.4) is 0 Å². The molecule has 1 aliphatic rings. The fraction of sp³-hybridized carbons (Fsp3) is 0.706. The van der Waals surface area contributed by atoms with Gasteiger partial charge in [-0.3, -0.25) is 9.88 Å². The van der Waals surface area contributed by atoms with E-state index in [0.29, 0.717) is 0 Å². The van der Waals surface area contributed by atoms with Gasteiger partial charge in [-0.15, -0.1) is 0 Å². The lowest BCUT2D eigenvalue weighted by Gasteiger charge is -2.53. The summed E-state index contributed by atoms with van der Waals surface area (Å²) in [5.41, 5.74) is 1.76. The maximum atomic E-state index is 4.32. The Bertz CT molecular complexity index is 473. The van der Waals surface area contributed by atoms with Crippen LogP contribution in [0.1, 0.15) is 52.5 Å². The highest BCUT2D eigenvalue weighted by atomic mass is 79.9. The molecule has 0 aliphatic carbocycles. The van der Waals surface area contributed by atoms with E-state index in [1.807, 2.05) is 12.4 Å². The molecule has 1 saturated heterocycles. The van der Waals surface area contributed by atoms with Gasteiger partial charge >= 0.3 is 0 Å². The van der Waals surface area contributed by atoms with Crippen LogP contribution in [-0.4, -0.2) is 34.1 Å². The Hall–Kier alpha value is -0.450. The fourth-order valence-corrected chi connectivity index (χ4v) is 3.72. The average Bonchev–Trinajstić information content (AvgIpc) is 2.48. The van der Waals surface area contributed by atoms with Gasteiger partial charge in [0.05, 0.1) is 0 Å². The van der Waals surface area contributed by atoms with Gasteiger partial charge in [-0.1, -0.05) is 20.8 Å². The summed E-state index contributed by atoms with van der Waals surface area (Å²) in [4.78, 5) is 6.99. The highest BCUT2D eigenvalue weighted by Crippen LogP contribution is 2.32. The molecule has 0 amide bonds. The van der Waals surface area contributed by atoms with E-state index < -0.39 is 0 Å². The zero-order valence-electron chi connectivity index (χ0n) is 13.7. The predicted octanol–water partition coefficient (Wildman–Crippen LogP) is 3.98. The summed E-state index contributed by atoms with van der Waals surface area (Å²) in [6.07, 6.45) is 7.36. The van der Waals surface area contributed by atoms with E-state index in [1.54, 1.807) is 0 Å². The van der Waals surface area contributed by atoms with Gasteiger partial charge in [-0.2, -0.15) is 0 Å². The van der Waals surface area contributed by atoms with Gasteiger partial charge in [0, 0.05) is 47.6 Å². The fourth-order valence-electron chi connectivity index (χ4n) is 3.30. The molecule has 0 spiro atoms. The molecule has 2 rings (SSSR count). The van der Waals surface area contributed by atoms with Crippen LogP contribution in [0.15, 0.2) is 22.9 Å². The van der Waals surface area contributed by atoms with Gasteiger partial charge in [0.1, 0.15) is 0 Å². The van der Waals surface area contributed by atoms with E-state index in [9.17, 15) is 0 Å². The summed E-state index contributed by atoms with van der Waals surface area (Å²) in [6.45, 7) is 12.4. The van der Waals surface area contributed by atoms with Crippen molar-refractivity contribution in [1.82, 2.24) is 15.2 Å². The molecule has 3 nitrogen and oxygen atoms in total.